The average molecular weight is 376 g/mol. The smallest absolute Gasteiger partial charge is 0.315 e. The molecule has 0 spiro atoms. The van der Waals surface area contributed by atoms with Crippen LogP contribution in [0.2, 0.25) is 0 Å². The molecule has 2 heterocycles. The maximum absolute atomic E-state index is 12.6. The molecule has 1 N–H and O–H groups in total. The zero-order valence-electron chi connectivity index (χ0n) is 14.8. The van der Waals surface area contributed by atoms with Gasteiger partial charge in [-0.3, -0.25) is 4.79 Å². The summed E-state index contributed by atoms with van der Waals surface area (Å²) in [5.74, 6) is 0.108. The van der Waals surface area contributed by atoms with Gasteiger partial charge in [0, 0.05) is 11.6 Å². The van der Waals surface area contributed by atoms with Crippen molar-refractivity contribution in [1.29, 1.82) is 0 Å². The van der Waals surface area contributed by atoms with Crippen molar-refractivity contribution < 1.29 is 18.0 Å². The summed E-state index contributed by atoms with van der Waals surface area (Å²) in [7, 11) is 0. The lowest BCUT2D eigenvalue weighted by molar-refractivity contribution is 0.106. The van der Waals surface area contributed by atoms with E-state index in [4.69, 9.17) is 4.74 Å². The second-order valence-electron chi connectivity index (χ2n) is 6.05. The van der Waals surface area contributed by atoms with Crippen molar-refractivity contribution in [3.8, 4) is 17.1 Å². The van der Waals surface area contributed by atoms with Gasteiger partial charge in [-0.05, 0) is 56.0 Å². The van der Waals surface area contributed by atoms with Gasteiger partial charge in [0.05, 0.1) is 12.3 Å². The molecular weight excluding hydrogens is 358 g/mol. The van der Waals surface area contributed by atoms with Gasteiger partial charge in [0.1, 0.15) is 5.75 Å². The molecule has 0 aliphatic carbocycles. The Bertz CT molecular complexity index is 941. The number of hydrogen-bond acceptors (Lipinski definition) is 6. The summed E-state index contributed by atoms with van der Waals surface area (Å²) in [5.41, 5.74) is 2.80. The van der Waals surface area contributed by atoms with Crippen molar-refractivity contribution in [3.63, 3.8) is 0 Å². The molecule has 9 heteroatoms. The number of rotatable bonds is 7. The number of ether oxygens (including phenoxy) is 1. The third kappa shape index (κ3) is 4.55. The van der Waals surface area contributed by atoms with Crippen LogP contribution in [0.3, 0.4) is 0 Å². The van der Waals surface area contributed by atoms with E-state index in [0.29, 0.717) is 24.3 Å². The Morgan fingerprint density at radius 3 is 2.56 bits per heavy atom. The first kappa shape index (κ1) is 18.7. The second kappa shape index (κ2) is 8.07. The SMILES string of the molecule is Cc1cc(OCCCc2ccc(=O)[nH]n2)cc(C)c1-c1noc(C(F)F)n1. The molecule has 0 aliphatic rings. The van der Waals surface area contributed by atoms with Crippen molar-refractivity contribution in [1.82, 2.24) is 20.3 Å². The number of nitrogens with one attached hydrogen (secondary N) is 1. The highest BCUT2D eigenvalue weighted by Gasteiger charge is 2.19. The maximum Gasteiger partial charge on any atom is 0.315 e. The Hall–Kier alpha value is -3.10. The third-order valence-corrected chi connectivity index (χ3v) is 3.94. The van der Waals surface area contributed by atoms with E-state index in [1.165, 1.54) is 6.07 Å². The second-order valence-corrected chi connectivity index (χ2v) is 6.05. The molecule has 0 amide bonds. The van der Waals surface area contributed by atoms with Crippen LogP contribution in [-0.4, -0.2) is 26.9 Å². The molecule has 0 atom stereocenters. The van der Waals surface area contributed by atoms with Gasteiger partial charge in [0.15, 0.2) is 0 Å². The number of aromatic amines is 1. The number of aromatic nitrogens is 4. The minimum absolute atomic E-state index is 0.135. The highest BCUT2D eigenvalue weighted by atomic mass is 19.3. The molecule has 0 unspecified atom stereocenters. The molecule has 7 nitrogen and oxygen atoms in total. The van der Waals surface area contributed by atoms with Crippen molar-refractivity contribution in [2.45, 2.75) is 33.1 Å². The number of halogens is 2. The number of benzene rings is 1. The number of H-pyrrole nitrogens is 1. The van der Waals surface area contributed by atoms with Crippen LogP contribution < -0.4 is 10.3 Å². The van der Waals surface area contributed by atoms with Crippen LogP contribution in [-0.2, 0) is 6.42 Å². The van der Waals surface area contributed by atoms with Crippen LogP contribution in [0.15, 0.2) is 33.6 Å². The molecule has 142 valence electrons. The zero-order chi connectivity index (χ0) is 19.4. The van der Waals surface area contributed by atoms with Gasteiger partial charge in [0.25, 0.3) is 11.4 Å². The summed E-state index contributed by atoms with van der Waals surface area (Å²) in [4.78, 5) is 14.7. The largest absolute Gasteiger partial charge is 0.494 e. The van der Waals surface area contributed by atoms with E-state index in [1.807, 2.05) is 13.8 Å². The molecule has 0 bridgehead atoms. The van der Waals surface area contributed by atoms with Gasteiger partial charge in [-0.1, -0.05) is 5.16 Å². The van der Waals surface area contributed by atoms with Crippen LogP contribution in [0.1, 0.15) is 35.6 Å². The van der Waals surface area contributed by atoms with Gasteiger partial charge in [-0.2, -0.15) is 18.9 Å². The molecule has 3 aromatic rings. The highest BCUT2D eigenvalue weighted by Crippen LogP contribution is 2.30. The Balaban J connectivity index is 1.63. The lowest BCUT2D eigenvalue weighted by atomic mass is 10.0. The van der Waals surface area contributed by atoms with Crippen molar-refractivity contribution in [3.05, 3.63) is 57.3 Å². The van der Waals surface area contributed by atoms with Crippen molar-refractivity contribution in [2.75, 3.05) is 6.61 Å². The fourth-order valence-electron chi connectivity index (χ4n) is 2.74. The Morgan fingerprint density at radius 1 is 1.22 bits per heavy atom. The van der Waals surface area contributed by atoms with Crippen molar-refractivity contribution in [2.24, 2.45) is 0 Å². The Morgan fingerprint density at radius 2 is 1.96 bits per heavy atom. The summed E-state index contributed by atoms with van der Waals surface area (Å²) >= 11 is 0. The first-order valence-corrected chi connectivity index (χ1v) is 8.35. The maximum atomic E-state index is 12.6. The number of aryl methyl sites for hydroxylation is 3. The van der Waals surface area contributed by atoms with Gasteiger partial charge in [-0.25, -0.2) is 5.10 Å². The molecule has 1 aromatic carbocycles. The molecule has 3 rings (SSSR count). The van der Waals surface area contributed by atoms with E-state index >= 15 is 0 Å². The number of alkyl halides is 2. The minimum Gasteiger partial charge on any atom is -0.494 e. The lowest BCUT2D eigenvalue weighted by Crippen LogP contribution is -2.08. The van der Waals surface area contributed by atoms with Gasteiger partial charge in [-0.15, -0.1) is 0 Å². The number of hydrogen-bond donors (Lipinski definition) is 1. The van der Waals surface area contributed by atoms with Gasteiger partial charge >= 0.3 is 6.43 Å². The van der Waals surface area contributed by atoms with Crippen molar-refractivity contribution >= 4 is 0 Å². The lowest BCUT2D eigenvalue weighted by Gasteiger charge is -2.11. The molecule has 27 heavy (non-hydrogen) atoms. The van der Waals surface area contributed by atoms with Gasteiger partial charge in [0.2, 0.25) is 5.82 Å². The monoisotopic (exact) mass is 376 g/mol. The first-order chi connectivity index (χ1) is 12.9. The van der Waals surface area contributed by atoms with E-state index in [0.717, 1.165) is 23.2 Å². The molecule has 0 saturated carbocycles. The van der Waals surface area contributed by atoms with Crippen LogP contribution >= 0.6 is 0 Å². The Labute approximate surface area is 153 Å². The fourth-order valence-corrected chi connectivity index (χ4v) is 2.74. The standard InChI is InChI=1S/C18H18F2N4O3/c1-10-8-13(26-7-3-4-12-5-6-14(25)23-22-12)9-11(2)15(10)17-21-18(16(19)20)27-24-17/h5-6,8-9,16H,3-4,7H2,1-2H3,(H,23,25). The van der Waals surface area contributed by atoms with E-state index < -0.39 is 12.3 Å². The quantitative estimate of drug-likeness (QED) is 0.635. The minimum atomic E-state index is -2.80. The third-order valence-electron chi connectivity index (χ3n) is 3.94. The summed E-state index contributed by atoms with van der Waals surface area (Å²) in [6, 6.07) is 6.73. The summed E-state index contributed by atoms with van der Waals surface area (Å²) < 4.78 is 35.6. The van der Waals surface area contributed by atoms with E-state index in [-0.39, 0.29) is 11.4 Å². The summed E-state index contributed by atoms with van der Waals surface area (Å²) in [6.07, 6.45) is -1.40. The van der Waals surface area contributed by atoms with Crippen LogP contribution in [0.4, 0.5) is 8.78 Å². The highest BCUT2D eigenvalue weighted by molar-refractivity contribution is 5.65. The summed E-state index contributed by atoms with van der Waals surface area (Å²) in [6.45, 7) is 4.13. The molecule has 0 aliphatic heterocycles. The predicted octanol–water partition coefficient (Wildman–Crippen LogP) is 3.39. The number of nitrogens with zero attached hydrogens (tertiary/aromatic N) is 3. The van der Waals surface area contributed by atoms with Gasteiger partial charge < -0.3 is 9.26 Å². The summed E-state index contributed by atoms with van der Waals surface area (Å²) in [5, 5.41) is 9.97. The first-order valence-electron chi connectivity index (χ1n) is 8.35. The fraction of sp³-hybridized carbons (Fsp3) is 0.333. The van der Waals surface area contributed by atoms with E-state index in [1.54, 1.807) is 18.2 Å². The molecule has 0 fully saturated rings. The average Bonchev–Trinajstić information content (AvgIpc) is 3.10. The zero-order valence-corrected chi connectivity index (χ0v) is 14.8. The van der Waals surface area contributed by atoms with E-state index in [9.17, 15) is 13.6 Å². The van der Waals surface area contributed by atoms with E-state index in [2.05, 4.69) is 24.9 Å². The topological polar surface area (TPSA) is 93.9 Å². The molecule has 0 saturated heterocycles. The Kier molecular flexibility index (Phi) is 5.58. The predicted molar refractivity (Wildman–Crippen MR) is 92.8 cm³/mol. The molecule has 0 radical (unpaired) electrons. The van der Waals surface area contributed by atoms with Crippen LogP contribution in [0, 0.1) is 13.8 Å². The molecular formula is C18H18F2N4O3. The van der Waals surface area contributed by atoms with Crippen LogP contribution in [0.5, 0.6) is 5.75 Å². The normalized spacial score (nSPS) is 11.1. The van der Waals surface area contributed by atoms with Crippen LogP contribution in [0.25, 0.3) is 11.4 Å². The molecule has 2 aromatic heterocycles.